The Kier molecular flexibility index (Phi) is 4.73. The molecule has 0 radical (unpaired) electrons. The normalized spacial score (nSPS) is 23.4. The summed E-state index contributed by atoms with van der Waals surface area (Å²) in [7, 11) is 0. The molecular formula is C17H28N4O2. The van der Waals surface area contributed by atoms with E-state index < -0.39 is 0 Å². The summed E-state index contributed by atoms with van der Waals surface area (Å²) in [4.78, 5) is 16.7. The van der Waals surface area contributed by atoms with Crippen LogP contribution in [0.25, 0.3) is 0 Å². The third kappa shape index (κ3) is 3.75. The molecule has 1 aromatic rings. The zero-order valence-corrected chi connectivity index (χ0v) is 14.5. The molecule has 2 aliphatic heterocycles. The summed E-state index contributed by atoms with van der Waals surface area (Å²) in [6.45, 7) is 11.6. The van der Waals surface area contributed by atoms with Gasteiger partial charge < -0.3 is 9.64 Å². The van der Waals surface area contributed by atoms with E-state index in [1.807, 2.05) is 11.1 Å². The minimum atomic E-state index is -0.192. The third-order valence-electron chi connectivity index (χ3n) is 4.75. The van der Waals surface area contributed by atoms with E-state index in [2.05, 4.69) is 35.9 Å². The number of H-pyrrole nitrogens is 1. The first-order valence-corrected chi connectivity index (χ1v) is 8.60. The van der Waals surface area contributed by atoms with E-state index >= 15 is 0 Å². The molecule has 0 saturated carbocycles. The number of aromatic nitrogens is 2. The first-order valence-electron chi connectivity index (χ1n) is 8.60. The van der Waals surface area contributed by atoms with Crippen molar-refractivity contribution >= 4 is 5.91 Å². The SMILES string of the molecule is CC(C)(C)c1[nH]ncc1CN1CCN(C(=O)C2CCCO2)CC1. The standard InChI is InChI=1S/C17H28N4O2/c1-17(2,3)15-13(11-18-19-15)12-20-6-8-21(9-7-20)16(22)14-5-4-10-23-14/h11,14H,4-10,12H2,1-3H3,(H,18,19). The van der Waals surface area contributed by atoms with Gasteiger partial charge in [0.15, 0.2) is 0 Å². The molecule has 0 spiro atoms. The van der Waals surface area contributed by atoms with E-state index in [4.69, 9.17) is 4.74 Å². The van der Waals surface area contributed by atoms with Crippen LogP contribution in [0.5, 0.6) is 0 Å². The van der Waals surface area contributed by atoms with Crippen molar-refractivity contribution in [2.75, 3.05) is 32.8 Å². The van der Waals surface area contributed by atoms with Crippen LogP contribution in [-0.4, -0.2) is 64.8 Å². The van der Waals surface area contributed by atoms with Crippen LogP contribution in [0.4, 0.5) is 0 Å². The Balaban J connectivity index is 1.53. The van der Waals surface area contributed by atoms with E-state index in [1.165, 1.54) is 11.3 Å². The van der Waals surface area contributed by atoms with E-state index in [-0.39, 0.29) is 17.4 Å². The molecule has 1 unspecified atom stereocenters. The molecule has 23 heavy (non-hydrogen) atoms. The fraction of sp³-hybridized carbons (Fsp3) is 0.765. The van der Waals surface area contributed by atoms with Gasteiger partial charge in [-0.2, -0.15) is 5.10 Å². The van der Waals surface area contributed by atoms with Crippen LogP contribution in [0.2, 0.25) is 0 Å². The van der Waals surface area contributed by atoms with Gasteiger partial charge in [0.25, 0.3) is 5.91 Å². The number of piperazine rings is 1. The lowest BCUT2D eigenvalue weighted by molar-refractivity contribution is -0.142. The molecule has 1 N–H and O–H groups in total. The monoisotopic (exact) mass is 320 g/mol. The van der Waals surface area contributed by atoms with Crippen molar-refractivity contribution in [3.8, 4) is 0 Å². The minimum absolute atomic E-state index is 0.0729. The Bertz CT molecular complexity index is 535. The molecule has 128 valence electrons. The molecular weight excluding hydrogens is 292 g/mol. The second-order valence-corrected chi connectivity index (χ2v) is 7.62. The van der Waals surface area contributed by atoms with Gasteiger partial charge in [0.2, 0.25) is 0 Å². The quantitative estimate of drug-likeness (QED) is 0.917. The average Bonchev–Trinajstić information content (AvgIpc) is 3.18. The van der Waals surface area contributed by atoms with Gasteiger partial charge >= 0.3 is 0 Å². The fourth-order valence-corrected chi connectivity index (χ4v) is 3.42. The summed E-state index contributed by atoms with van der Waals surface area (Å²) in [6.07, 6.45) is 3.63. The lowest BCUT2D eigenvalue weighted by Gasteiger charge is -2.36. The van der Waals surface area contributed by atoms with E-state index in [1.54, 1.807) is 0 Å². The molecule has 1 amide bonds. The number of aromatic amines is 1. The van der Waals surface area contributed by atoms with Crippen LogP contribution in [0.15, 0.2) is 6.20 Å². The molecule has 2 saturated heterocycles. The summed E-state index contributed by atoms with van der Waals surface area (Å²) in [5.41, 5.74) is 2.54. The molecule has 0 aliphatic carbocycles. The highest BCUT2D eigenvalue weighted by Gasteiger charge is 2.30. The van der Waals surface area contributed by atoms with Crippen LogP contribution in [0, 0.1) is 0 Å². The number of carbonyl (C=O) groups is 1. The van der Waals surface area contributed by atoms with Gasteiger partial charge in [-0.15, -0.1) is 0 Å². The molecule has 1 atom stereocenters. The van der Waals surface area contributed by atoms with Gasteiger partial charge in [-0.25, -0.2) is 0 Å². The molecule has 6 heteroatoms. The highest BCUT2D eigenvalue weighted by molar-refractivity contribution is 5.81. The van der Waals surface area contributed by atoms with Crippen LogP contribution in [0.1, 0.15) is 44.9 Å². The Labute approximate surface area is 138 Å². The Morgan fingerprint density at radius 2 is 2.09 bits per heavy atom. The molecule has 3 rings (SSSR count). The molecule has 3 heterocycles. The van der Waals surface area contributed by atoms with Crippen molar-refractivity contribution < 1.29 is 9.53 Å². The van der Waals surface area contributed by atoms with Gasteiger partial charge in [0, 0.05) is 56.0 Å². The number of hydrogen-bond donors (Lipinski definition) is 1. The molecule has 0 bridgehead atoms. The molecule has 6 nitrogen and oxygen atoms in total. The summed E-state index contributed by atoms with van der Waals surface area (Å²) >= 11 is 0. The van der Waals surface area contributed by atoms with Crippen molar-refractivity contribution in [1.29, 1.82) is 0 Å². The van der Waals surface area contributed by atoms with Gasteiger partial charge in [-0.05, 0) is 12.8 Å². The minimum Gasteiger partial charge on any atom is -0.368 e. The number of nitrogens with one attached hydrogen (secondary N) is 1. The molecule has 2 aliphatic rings. The molecule has 2 fully saturated rings. The number of amides is 1. The Morgan fingerprint density at radius 1 is 1.35 bits per heavy atom. The highest BCUT2D eigenvalue weighted by atomic mass is 16.5. The highest BCUT2D eigenvalue weighted by Crippen LogP contribution is 2.24. The number of rotatable bonds is 3. The molecule has 1 aromatic heterocycles. The molecule has 0 aromatic carbocycles. The van der Waals surface area contributed by atoms with Crippen LogP contribution in [-0.2, 0) is 21.5 Å². The Morgan fingerprint density at radius 3 is 2.70 bits per heavy atom. The van der Waals surface area contributed by atoms with Crippen LogP contribution >= 0.6 is 0 Å². The lowest BCUT2D eigenvalue weighted by Crippen LogP contribution is -2.51. The van der Waals surface area contributed by atoms with E-state index in [0.29, 0.717) is 0 Å². The van der Waals surface area contributed by atoms with Crippen molar-refractivity contribution in [2.45, 2.75) is 51.7 Å². The predicted octanol–water partition coefficient (Wildman–Crippen LogP) is 1.53. The van der Waals surface area contributed by atoms with Crippen LogP contribution in [0.3, 0.4) is 0 Å². The maximum absolute atomic E-state index is 12.4. The largest absolute Gasteiger partial charge is 0.368 e. The zero-order chi connectivity index (χ0) is 16.4. The fourth-order valence-electron chi connectivity index (χ4n) is 3.42. The number of ether oxygens (including phenoxy) is 1. The van der Waals surface area contributed by atoms with E-state index in [0.717, 1.165) is 52.2 Å². The smallest absolute Gasteiger partial charge is 0.251 e. The lowest BCUT2D eigenvalue weighted by atomic mass is 9.89. The predicted molar refractivity (Wildman–Crippen MR) is 88.1 cm³/mol. The number of nitrogens with zero attached hydrogens (tertiary/aromatic N) is 3. The van der Waals surface area contributed by atoms with Crippen molar-refractivity contribution in [2.24, 2.45) is 0 Å². The van der Waals surface area contributed by atoms with Gasteiger partial charge in [-0.1, -0.05) is 20.8 Å². The average molecular weight is 320 g/mol. The number of hydrogen-bond acceptors (Lipinski definition) is 4. The van der Waals surface area contributed by atoms with Crippen molar-refractivity contribution in [3.05, 3.63) is 17.5 Å². The third-order valence-corrected chi connectivity index (χ3v) is 4.75. The Hall–Kier alpha value is -1.40. The summed E-state index contributed by atoms with van der Waals surface area (Å²) in [6, 6.07) is 0. The van der Waals surface area contributed by atoms with Gasteiger partial charge in [0.05, 0.1) is 6.20 Å². The zero-order valence-electron chi connectivity index (χ0n) is 14.5. The van der Waals surface area contributed by atoms with Gasteiger partial charge in [-0.3, -0.25) is 14.8 Å². The van der Waals surface area contributed by atoms with Gasteiger partial charge in [0.1, 0.15) is 6.10 Å². The van der Waals surface area contributed by atoms with Crippen molar-refractivity contribution in [1.82, 2.24) is 20.0 Å². The topological polar surface area (TPSA) is 61.5 Å². The summed E-state index contributed by atoms with van der Waals surface area (Å²) < 4.78 is 5.52. The second kappa shape index (κ2) is 6.61. The van der Waals surface area contributed by atoms with Crippen LogP contribution < -0.4 is 0 Å². The van der Waals surface area contributed by atoms with E-state index in [9.17, 15) is 4.79 Å². The maximum atomic E-state index is 12.4. The number of carbonyl (C=O) groups excluding carboxylic acids is 1. The first kappa shape index (κ1) is 16.5. The maximum Gasteiger partial charge on any atom is 0.251 e. The van der Waals surface area contributed by atoms with Crippen molar-refractivity contribution in [3.63, 3.8) is 0 Å². The first-order chi connectivity index (χ1) is 10.9. The second-order valence-electron chi connectivity index (χ2n) is 7.62. The summed E-state index contributed by atoms with van der Waals surface area (Å²) in [5.74, 6) is 0.181. The summed E-state index contributed by atoms with van der Waals surface area (Å²) in [5, 5.41) is 7.36.